The van der Waals surface area contributed by atoms with E-state index < -0.39 is 0 Å². The Kier molecular flexibility index (Phi) is 6.77. The molecule has 180 valence electrons. The Labute approximate surface area is 205 Å². The predicted octanol–water partition coefficient (Wildman–Crippen LogP) is 4.08. The van der Waals surface area contributed by atoms with Crippen molar-refractivity contribution in [1.82, 2.24) is 19.2 Å². The fourth-order valence-corrected chi connectivity index (χ4v) is 4.99. The Morgan fingerprint density at radius 3 is 2.46 bits per heavy atom. The summed E-state index contributed by atoms with van der Waals surface area (Å²) in [5.41, 5.74) is 1.86. The van der Waals surface area contributed by atoms with Gasteiger partial charge in [-0.25, -0.2) is 9.48 Å². The van der Waals surface area contributed by atoms with Gasteiger partial charge in [0.05, 0.1) is 13.1 Å². The highest BCUT2D eigenvalue weighted by Crippen LogP contribution is 2.27. The van der Waals surface area contributed by atoms with Gasteiger partial charge in [-0.2, -0.15) is 5.10 Å². The predicted molar refractivity (Wildman–Crippen MR) is 139 cm³/mol. The van der Waals surface area contributed by atoms with Crippen LogP contribution in [0.2, 0.25) is 0 Å². The van der Waals surface area contributed by atoms with E-state index in [4.69, 9.17) is 5.10 Å². The average Bonchev–Trinajstić information content (AvgIpc) is 3.20. The van der Waals surface area contributed by atoms with Crippen LogP contribution in [0.5, 0.6) is 0 Å². The van der Waals surface area contributed by atoms with E-state index in [1.807, 2.05) is 79.7 Å². The second-order valence-corrected chi connectivity index (χ2v) is 9.15. The second kappa shape index (κ2) is 10.3. The van der Waals surface area contributed by atoms with E-state index in [0.717, 1.165) is 53.8 Å². The molecule has 0 radical (unpaired) electrons. The molecule has 1 aliphatic rings. The normalized spacial score (nSPS) is 14.9. The number of carbonyl (C=O) groups is 1. The van der Waals surface area contributed by atoms with E-state index in [0.29, 0.717) is 19.6 Å². The summed E-state index contributed by atoms with van der Waals surface area (Å²) in [5.74, 6) is 1.09. The molecule has 35 heavy (non-hydrogen) atoms. The molecule has 1 aromatic heterocycles. The van der Waals surface area contributed by atoms with Crippen molar-refractivity contribution < 1.29 is 4.79 Å². The summed E-state index contributed by atoms with van der Waals surface area (Å²) in [6.07, 6.45) is 1.76. The molecule has 0 bridgehead atoms. The number of hydrogen-bond acceptors (Lipinski definition) is 4. The van der Waals surface area contributed by atoms with Gasteiger partial charge in [0, 0.05) is 23.5 Å². The van der Waals surface area contributed by atoms with Crippen LogP contribution in [-0.4, -0.2) is 44.8 Å². The van der Waals surface area contributed by atoms with Crippen LogP contribution in [-0.2, 0) is 17.9 Å². The van der Waals surface area contributed by atoms with Gasteiger partial charge in [0.25, 0.3) is 0 Å². The van der Waals surface area contributed by atoms with E-state index in [9.17, 15) is 9.59 Å². The molecule has 1 saturated heterocycles. The fraction of sp³-hybridized carbons (Fsp3) is 0.321. The molecule has 4 aromatic rings. The number of benzene rings is 3. The monoisotopic (exact) mass is 469 g/mol. The number of amides is 1. The van der Waals surface area contributed by atoms with Crippen LogP contribution in [0, 0.1) is 0 Å². The largest absolute Gasteiger partial charge is 0.346 e. The van der Waals surface area contributed by atoms with Crippen LogP contribution < -0.4 is 11.0 Å². The molecule has 0 spiro atoms. The van der Waals surface area contributed by atoms with E-state index >= 15 is 0 Å². The van der Waals surface area contributed by atoms with E-state index in [1.54, 1.807) is 9.25 Å². The van der Waals surface area contributed by atoms with Gasteiger partial charge in [0.1, 0.15) is 5.82 Å². The Hall–Kier alpha value is -3.71. The summed E-state index contributed by atoms with van der Waals surface area (Å²) < 4.78 is 3.38. The van der Waals surface area contributed by atoms with Crippen molar-refractivity contribution >= 4 is 22.4 Å². The van der Waals surface area contributed by atoms with Crippen molar-refractivity contribution in [2.45, 2.75) is 38.8 Å². The summed E-state index contributed by atoms with van der Waals surface area (Å²) in [4.78, 5) is 27.9. The van der Waals surface area contributed by atoms with E-state index in [2.05, 4.69) is 10.2 Å². The number of carbonyl (C=O) groups excluding carboxylic acids is 1. The molecule has 5 rings (SSSR count). The number of rotatable bonds is 7. The first-order chi connectivity index (χ1) is 17.1. The van der Waals surface area contributed by atoms with Crippen LogP contribution in [0.4, 0.5) is 5.69 Å². The number of nitrogens with zero attached hydrogens (tertiary/aromatic N) is 4. The summed E-state index contributed by atoms with van der Waals surface area (Å²) in [7, 11) is 0. The summed E-state index contributed by atoms with van der Waals surface area (Å²) in [6.45, 7) is 5.04. The highest BCUT2D eigenvalue weighted by Gasteiger charge is 2.27. The molecule has 0 saturated carbocycles. The standard InChI is InChI=1S/C28H31N5O2/c1-2-32-27(30-33(28(32)35)19-21-9-4-3-5-10-21)23-15-17-31(18-16-23)20-26(34)29-25-14-8-12-22-11-6-7-13-24(22)25/h3-14,23H,2,15-20H2,1H3,(H,29,34). The lowest BCUT2D eigenvalue weighted by molar-refractivity contribution is -0.117. The molecule has 7 nitrogen and oxygen atoms in total. The Morgan fingerprint density at radius 2 is 1.69 bits per heavy atom. The fourth-order valence-electron chi connectivity index (χ4n) is 4.99. The van der Waals surface area contributed by atoms with Crippen LogP contribution >= 0.6 is 0 Å². The van der Waals surface area contributed by atoms with Crippen molar-refractivity contribution in [1.29, 1.82) is 0 Å². The number of fused-ring (bicyclic) bond motifs is 1. The van der Waals surface area contributed by atoms with Gasteiger partial charge >= 0.3 is 5.69 Å². The molecular formula is C28H31N5O2. The van der Waals surface area contributed by atoms with Crippen molar-refractivity contribution in [3.63, 3.8) is 0 Å². The highest BCUT2D eigenvalue weighted by molar-refractivity contribution is 6.02. The van der Waals surface area contributed by atoms with Crippen molar-refractivity contribution in [2.24, 2.45) is 0 Å². The highest BCUT2D eigenvalue weighted by atomic mass is 16.2. The number of hydrogen-bond donors (Lipinski definition) is 1. The molecule has 1 fully saturated rings. The van der Waals surface area contributed by atoms with Gasteiger partial charge in [-0.1, -0.05) is 66.7 Å². The molecule has 0 unspecified atom stereocenters. The van der Waals surface area contributed by atoms with Crippen LogP contribution in [0.1, 0.15) is 37.1 Å². The number of likely N-dealkylation sites (tertiary alicyclic amines) is 1. The Bertz CT molecular complexity index is 1360. The van der Waals surface area contributed by atoms with Gasteiger partial charge in [0.15, 0.2) is 0 Å². The maximum atomic E-state index is 12.9. The topological polar surface area (TPSA) is 72.2 Å². The third kappa shape index (κ3) is 5.05. The Morgan fingerprint density at radius 1 is 0.971 bits per heavy atom. The van der Waals surface area contributed by atoms with Gasteiger partial charge in [-0.15, -0.1) is 0 Å². The third-order valence-electron chi connectivity index (χ3n) is 6.83. The zero-order valence-electron chi connectivity index (χ0n) is 20.1. The molecular weight excluding hydrogens is 438 g/mol. The smallest absolute Gasteiger partial charge is 0.324 e. The van der Waals surface area contributed by atoms with Gasteiger partial charge < -0.3 is 5.32 Å². The lowest BCUT2D eigenvalue weighted by Crippen LogP contribution is -2.39. The number of aromatic nitrogens is 3. The van der Waals surface area contributed by atoms with Crippen LogP contribution in [0.25, 0.3) is 10.8 Å². The average molecular weight is 470 g/mol. The zero-order chi connectivity index (χ0) is 24.2. The molecule has 3 aromatic carbocycles. The molecule has 0 atom stereocenters. The molecule has 7 heteroatoms. The maximum Gasteiger partial charge on any atom is 0.346 e. The minimum atomic E-state index is -0.0525. The van der Waals surface area contributed by atoms with E-state index in [-0.39, 0.29) is 17.5 Å². The minimum absolute atomic E-state index is 0.00240. The first-order valence-electron chi connectivity index (χ1n) is 12.3. The second-order valence-electron chi connectivity index (χ2n) is 9.15. The van der Waals surface area contributed by atoms with Crippen molar-refractivity contribution in [3.8, 4) is 0 Å². The number of anilines is 1. The summed E-state index contributed by atoms with van der Waals surface area (Å²) >= 11 is 0. The van der Waals surface area contributed by atoms with Crippen LogP contribution in [0.15, 0.2) is 77.6 Å². The zero-order valence-corrected chi connectivity index (χ0v) is 20.1. The number of nitrogens with one attached hydrogen (secondary N) is 1. The number of piperidine rings is 1. The lowest BCUT2D eigenvalue weighted by atomic mass is 9.96. The quantitative estimate of drug-likeness (QED) is 0.443. The van der Waals surface area contributed by atoms with Crippen molar-refractivity contribution in [2.75, 3.05) is 25.0 Å². The van der Waals surface area contributed by atoms with Gasteiger partial charge in [-0.3, -0.25) is 14.3 Å². The Balaban J connectivity index is 1.21. The molecule has 0 aliphatic carbocycles. The maximum absolute atomic E-state index is 12.9. The van der Waals surface area contributed by atoms with Gasteiger partial charge in [-0.05, 0) is 49.9 Å². The minimum Gasteiger partial charge on any atom is -0.324 e. The van der Waals surface area contributed by atoms with Crippen molar-refractivity contribution in [3.05, 3.63) is 94.7 Å². The molecule has 1 amide bonds. The lowest BCUT2D eigenvalue weighted by Gasteiger charge is -2.31. The molecule has 1 N–H and O–H groups in total. The van der Waals surface area contributed by atoms with Crippen LogP contribution in [0.3, 0.4) is 0 Å². The molecule has 1 aliphatic heterocycles. The summed E-state index contributed by atoms with van der Waals surface area (Å²) in [5, 5.41) is 9.98. The summed E-state index contributed by atoms with van der Waals surface area (Å²) in [6, 6.07) is 24.0. The molecule has 2 heterocycles. The third-order valence-corrected chi connectivity index (χ3v) is 6.83. The SMILES string of the molecule is CCn1c(C2CCN(CC(=O)Nc3cccc4ccccc34)CC2)nn(Cc2ccccc2)c1=O. The van der Waals surface area contributed by atoms with E-state index in [1.165, 1.54) is 0 Å². The first kappa shape index (κ1) is 23.1. The van der Waals surface area contributed by atoms with Gasteiger partial charge in [0.2, 0.25) is 5.91 Å². The first-order valence-corrected chi connectivity index (χ1v) is 12.3.